The van der Waals surface area contributed by atoms with Crippen LogP contribution in [0.5, 0.6) is 11.6 Å². The zero-order chi connectivity index (χ0) is 12.4. The molecule has 2 rings (SSSR count). The lowest BCUT2D eigenvalue weighted by Gasteiger charge is -2.08. The van der Waals surface area contributed by atoms with Crippen molar-refractivity contribution < 1.29 is 9.13 Å². The van der Waals surface area contributed by atoms with Gasteiger partial charge in [-0.15, -0.1) is 0 Å². The normalized spacial score (nSPS) is 10.2. The van der Waals surface area contributed by atoms with Crippen molar-refractivity contribution in [3.8, 4) is 11.6 Å². The Balaban J connectivity index is 2.41. The Kier molecular flexibility index (Phi) is 2.78. The number of rotatable bonds is 2. The number of para-hydroxylation sites is 1. The predicted molar refractivity (Wildman–Crippen MR) is 60.5 cm³/mol. The monoisotopic (exact) mass is 235 g/mol. The summed E-state index contributed by atoms with van der Waals surface area (Å²) in [5.74, 6) is -0.361. The van der Waals surface area contributed by atoms with Crippen molar-refractivity contribution in [2.24, 2.45) is 0 Å². The summed E-state index contributed by atoms with van der Waals surface area (Å²) in [6.07, 6.45) is 0. The number of H-pyrrole nitrogens is 1. The molecule has 0 saturated carbocycles. The van der Waals surface area contributed by atoms with Gasteiger partial charge in [0, 0.05) is 0 Å². The molecule has 0 spiro atoms. The first-order chi connectivity index (χ1) is 8.06. The van der Waals surface area contributed by atoms with Crippen molar-refractivity contribution in [1.29, 1.82) is 0 Å². The number of nitrogens with zero attached hydrogens (tertiary/aromatic N) is 1. The fraction of sp³-hybridized carbons (Fsp3) is 0.0909. The minimum atomic E-state index is -0.607. The lowest BCUT2D eigenvalue weighted by molar-refractivity contribution is 0.427. The molecule has 0 saturated heterocycles. The van der Waals surface area contributed by atoms with E-state index in [-0.39, 0.29) is 22.9 Å². The zero-order valence-corrected chi connectivity index (χ0v) is 9.03. The highest BCUT2D eigenvalue weighted by Gasteiger charge is 2.10. The summed E-state index contributed by atoms with van der Waals surface area (Å²) in [7, 11) is 0. The third-order valence-electron chi connectivity index (χ3n) is 2.04. The fourth-order valence-corrected chi connectivity index (χ4v) is 1.34. The number of aromatic nitrogens is 2. The third kappa shape index (κ3) is 2.41. The first kappa shape index (κ1) is 11.1. The molecular weight excluding hydrogens is 225 g/mol. The molecule has 0 aliphatic heterocycles. The fourth-order valence-electron chi connectivity index (χ4n) is 1.34. The topological polar surface area (TPSA) is 81.0 Å². The van der Waals surface area contributed by atoms with Crippen LogP contribution in [0.15, 0.2) is 29.1 Å². The van der Waals surface area contributed by atoms with Crippen LogP contribution in [0.25, 0.3) is 0 Å². The van der Waals surface area contributed by atoms with Crippen LogP contribution >= 0.6 is 0 Å². The number of nitrogens with two attached hydrogens (primary N) is 1. The molecule has 3 N–H and O–H groups in total. The van der Waals surface area contributed by atoms with E-state index in [9.17, 15) is 9.18 Å². The van der Waals surface area contributed by atoms with Crippen LogP contribution in [0, 0.1) is 12.7 Å². The maximum Gasteiger partial charge on any atom is 0.254 e. The second kappa shape index (κ2) is 4.25. The van der Waals surface area contributed by atoms with Gasteiger partial charge in [0.15, 0.2) is 11.6 Å². The van der Waals surface area contributed by atoms with E-state index in [2.05, 4.69) is 9.97 Å². The quantitative estimate of drug-likeness (QED) is 0.774. The molecular formula is C11H10FN3O2. The Morgan fingerprint density at radius 1 is 1.47 bits per heavy atom. The summed E-state index contributed by atoms with van der Waals surface area (Å²) in [6.45, 7) is 1.60. The van der Waals surface area contributed by atoms with Crippen LogP contribution in [0.4, 0.5) is 10.1 Å². The molecule has 0 radical (unpaired) electrons. The number of ether oxygens (including phenoxy) is 1. The first-order valence-corrected chi connectivity index (χ1v) is 4.86. The van der Waals surface area contributed by atoms with Crippen molar-refractivity contribution in [2.75, 3.05) is 5.73 Å². The maximum absolute atomic E-state index is 13.4. The molecule has 0 fully saturated rings. The second-order valence-electron chi connectivity index (χ2n) is 3.43. The molecule has 0 aliphatic rings. The summed E-state index contributed by atoms with van der Waals surface area (Å²) in [4.78, 5) is 17.5. The molecule has 0 bridgehead atoms. The maximum atomic E-state index is 13.4. The average Bonchev–Trinajstić information content (AvgIpc) is 2.22. The molecule has 88 valence electrons. The van der Waals surface area contributed by atoms with E-state index in [0.717, 1.165) is 6.07 Å². The van der Waals surface area contributed by atoms with Crippen LogP contribution in [0.2, 0.25) is 0 Å². The van der Waals surface area contributed by atoms with E-state index in [0.29, 0.717) is 5.82 Å². The molecule has 2 aromatic rings. The van der Waals surface area contributed by atoms with Crippen LogP contribution in [0.1, 0.15) is 5.82 Å². The van der Waals surface area contributed by atoms with Crippen LogP contribution in [-0.2, 0) is 0 Å². The van der Waals surface area contributed by atoms with E-state index in [4.69, 9.17) is 10.5 Å². The van der Waals surface area contributed by atoms with E-state index in [1.54, 1.807) is 6.92 Å². The van der Waals surface area contributed by atoms with Gasteiger partial charge in [-0.1, -0.05) is 6.07 Å². The number of halogens is 1. The number of aryl methyl sites for hydroxylation is 1. The molecule has 0 amide bonds. The molecule has 0 aliphatic carbocycles. The molecule has 0 unspecified atom stereocenters. The number of benzene rings is 1. The standard InChI is InChI=1S/C11H10FN3O2/c1-6-14-9(16)5-10(15-6)17-11-7(12)3-2-4-8(11)13/h2-5H,13H2,1H3,(H,14,15,16). The average molecular weight is 235 g/mol. The van der Waals surface area contributed by atoms with E-state index in [1.165, 1.54) is 18.2 Å². The van der Waals surface area contributed by atoms with Gasteiger partial charge in [0.1, 0.15) is 5.82 Å². The Morgan fingerprint density at radius 3 is 2.88 bits per heavy atom. The number of hydrogen-bond acceptors (Lipinski definition) is 4. The Hall–Kier alpha value is -2.37. The van der Waals surface area contributed by atoms with Gasteiger partial charge < -0.3 is 15.5 Å². The van der Waals surface area contributed by atoms with Crippen LogP contribution in [0.3, 0.4) is 0 Å². The smallest absolute Gasteiger partial charge is 0.254 e. The molecule has 0 atom stereocenters. The van der Waals surface area contributed by atoms with Gasteiger partial charge in [0.25, 0.3) is 5.56 Å². The van der Waals surface area contributed by atoms with Crippen molar-refractivity contribution >= 4 is 5.69 Å². The number of nitrogens with one attached hydrogen (secondary N) is 1. The van der Waals surface area contributed by atoms with E-state index < -0.39 is 5.82 Å². The second-order valence-corrected chi connectivity index (χ2v) is 3.43. The molecule has 17 heavy (non-hydrogen) atoms. The zero-order valence-electron chi connectivity index (χ0n) is 9.03. The summed E-state index contributed by atoms with van der Waals surface area (Å²) in [6, 6.07) is 5.30. The highest BCUT2D eigenvalue weighted by molar-refractivity contribution is 5.53. The van der Waals surface area contributed by atoms with Gasteiger partial charge in [-0.2, -0.15) is 0 Å². The van der Waals surface area contributed by atoms with Crippen molar-refractivity contribution in [3.05, 3.63) is 46.3 Å². The predicted octanol–water partition coefficient (Wildman–Crippen LogP) is 1.59. The highest BCUT2D eigenvalue weighted by Crippen LogP contribution is 2.28. The summed E-state index contributed by atoms with van der Waals surface area (Å²) in [5, 5.41) is 0. The summed E-state index contributed by atoms with van der Waals surface area (Å²) in [5.41, 5.74) is 5.34. The summed E-state index contributed by atoms with van der Waals surface area (Å²) >= 11 is 0. The minimum absolute atomic E-state index is 0.00282. The lowest BCUT2D eigenvalue weighted by atomic mass is 10.3. The SMILES string of the molecule is Cc1nc(Oc2c(N)cccc2F)cc(=O)[nH]1. The first-order valence-electron chi connectivity index (χ1n) is 4.86. The Bertz CT molecular complexity index is 590. The summed E-state index contributed by atoms with van der Waals surface area (Å²) < 4.78 is 18.6. The van der Waals surface area contributed by atoms with Crippen molar-refractivity contribution in [1.82, 2.24) is 9.97 Å². The minimum Gasteiger partial charge on any atom is -0.433 e. The van der Waals surface area contributed by atoms with Gasteiger partial charge in [-0.05, 0) is 19.1 Å². The molecule has 1 aromatic heterocycles. The van der Waals surface area contributed by atoms with E-state index in [1.807, 2.05) is 0 Å². The van der Waals surface area contributed by atoms with Gasteiger partial charge in [-0.25, -0.2) is 9.37 Å². The Labute approximate surface area is 96.1 Å². The van der Waals surface area contributed by atoms with Gasteiger partial charge in [0.2, 0.25) is 5.88 Å². The molecule has 1 aromatic carbocycles. The number of nitrogen functional groups attached to an aromatic ring is 1. The van der Waals surface area contributed by atoms with Crippen LogP contribution < -0.4 is 16.0 Å². The molecule has 1 heterocycles. The van der Waals surface area contributed by atoms with Crippen molar-refractivity contribution in [2.45, 2.75) is 6.92 Å². The van der Waals surface area contributed by atoms with E-state index >= 15 is 0 Å². The molecule has 6 heteroatoms. The highest BCUT2D eigenvalue weighted by atomic mass is 19.1. The number of anilines is 1. The number of hydrogen-bond donors (Lipinski definition) is 2. The van der Waals surface area contributed by atoms with Gasteiger partial charge in [0.05, 0.1) is 11.8 Å². The van der Waals surface area contributed by atoms with Crippen molar-refractivity contribution in [3.63, 3.8) is 0 Å². The largest absolute Gasteiger partial charge is 0.433 e. The van der Waals surface area contributed by atoms with Crippen LogP contribution in [-0.4, -0.2) is 9.97 Å². The third-order valence-corrected chi connectivity index (χ3v) is 2.04. The van der Waals surface area contributed by atoms with Gasteiger partial charge in [-0.3, -0.25) is 4.79 Å². The molecule has 5 nitrogen and oxygen atoms in total. The number of aromatic amines is 1. The Morgan fingerprint density at radius 2 is 2.24 bits per heavy atom. The lowest BCUT2D eigenvalue weighted by Crippen LogP contribution is -2.09. The van der Waals surface area contributed by atoms with Gasteiger partial charge >= 0.3 is 0 Å².